The first kappa shape index (κ1) is 22.3. The zero-order valence-corrected chi connectivity index (χ0v) is 18.4. The number of aryl methyl sites for hydroxylation is 1. The molecule has 2 heterocycles. The Morgan fingerprint density at radius 3 is 2.66 bits per heavy atom. The molecule has 1 aliphatic rings. The van der Waals surface area contributed by atoms with Crippen LogP contribution in [0, 0.1) is 12.7 Å². The minimum atomic E-state index is -0.935. The van der Waals surface area contributed by atoms with Crippen LogP contribution in [0.25, 0.3) is 0 Å². The normalized spacial score (nSPS) is 16.1. The number of aromatic nitrogens is 2. The van der Waals surface area contributed by atoms with Crippen LogP contribution in [0.4, 0.5) is 4.39 Å². The van der Waals surface area contributed by atoms with Crippen LogP contribution in [0.2, 0.25) is 0 Å². The lowest BCUT2D eigenvalue weighted by Gasteiger charge is -2.38. The van der Waals surface area contributed by atoms with Gasteiger partial charge in [-0.25, -0.2) is 9.37 Å². The summed E-state index contributed by atoms with van der Waals surface area (Å²) in [5, 5.41) is 10.8. The van der Waals surface area contributed by atoms with E-state index in [1.165, 1.54) is 11.6 Å². The van der Waals surface area contributed by atoms with E-state index >= 15 is 0 Å². The fraction of sp³-hybridized carbons (Fsp3) is 0.400. The lowest BCUT2D eigenvalue weighted by Crippen LogP contribution is -2.47. The van der Waals surface area contributed by atoms with Gasteiger partial charge in [0.2, 0.25) is 0 Å². The molecule has 0 aliphatic carbocycles. The van der Waals surface area contributed by atoms with E-state index < -0.39 is 11.4 Å². The molecule has 1 fully saturated rings. The van der Waals surface area contributed by atoms with Gasteiger partial charge in [-0.1, -0.05) is 24.3 Å². The summed E-state index contributed by atoms with van der Waals surface area (Å²) in [5.74, 6) is 1.61. The average Bonchev–Trinajstić information content (AvgIpc) is 3.20. The second-order valence-corrected chi connectivity index (χ2v) is 8.38. The van der Waals surface area contributed by atoms with Gasteiger partial charge in [-0.05, 0) is 49.6 Å². The fourth-order valence-corrected chi connectivity index (χ4v) is 3.94. The number of aliphatic hydroxyl groups is 1. The summed E-state index contributed by atoms with van der Waals surface area (Å²) in [6.45, 7) is 5.72. The number of rotatable bonds is 9. The van der Waals surface area contributed by atoms with Gasteiger partial charge in [-0.15, -0.1) is 0 Å². The molecule has 1 aromatic heterocycles. The molecule has 0 spiro atoms. The van der Waals surface area contributed by atoms with Gasteiger partial charge in [0.05, 0.1) is 6.54 Å². The van der Waals surface area contributed by atoms with Gasteiger partial charge in [0.15, 0.2) is 11.6 Å². The molecule has 3 aromatic rings. The Balaban J connectivity index is 1.23. The summed E-state index contributed by atoms with van der Waals surface area (Å²) in [4.78, 5) is 6.53. The van der Waals surface area contributed by atoms with Gasteiger partial charge in [0.25, 0.3) is 0 Å². The Morgan fingerprint density at radius 1 is 1.09 bits per heavy atom. The van der Waals surface area contributed by atoms with E-state index in [4.69, 9.17) is 9.47 Å². The maximum absolute atomic E-state index is 13.7. The molecule has 0 atom stereocenters. The van der Waals surface area contributed by atoms with Gasteiger partial charge >= 0.3 is 0 Å². The maximum atomic E-state index is 13.7. The molecule has 170 valence electrons. The quantitative estimate of drug-likeness (QED) is 0.549. The van der Waals surface area contributed by atoms with Gasteiger partial charge in [-0.3, -0.25) is 4.90 Å². The molecular formula is C25H30FN3O3. The first-order chi connectivity index (χ1) is 15.5. The monoisotopic (exact) mass is 439 g/mol. The van der Waals surface area contributed by atoms with Crippen LogP contribution in [0.1, 0.15) is 24.2 Å². The Morgan fingerprint density at radius 2 is 1.91 bits per heavy atom. The minimum absolute atomic E-state index is 0.0987. The Labute approximate surface area is 188 Å². The molecule has 1 saturated heterocycles. The molecule has 1 aliphatic heterocycles. The maximum Gasteiger partial charge on any atom is 0.165 e. The third-order valence-electron chi connectivity index (χ3n) is 5.95. The van der Waals surface area contributed by atoms with E-state index in [-0.39, 0.29) is 12.4 Å². The number of likely N-dealkylation sites (tertiary alicyclic amines) is 1. The third kappa shape index (κ3) is 5.87. The summed E-state index contributed by atoms with van der Waals surface area (Å²) in [6.07, 6.45) is 4.92. The van der Waals surface area contributed by atoms with E-state index in [0.29, 0.717) is 19.4 Å². The molecule has 2 aromatic carbocycles. The predicted octanol–water partition coefficient (Wildman–Crippen LogP) is 3.82. The average molecular weight is 440 g/mol. The van der Waals surface area contributed by atoms with Gasteiger partial charge in [0.1, 0.15) is 30.4 Å². The van der Waals surface area contributed by atoms with Gasteiger partial charge in [-0.2, -0.15) is 0 Å². The molecule has 0 radical (unpaired) electrons. The van der Waals surface area contributed by atoms with Crippen molar-refractivity contribution in [3.05, 3.63) is 78.1 Å². The van der Waals surface area contributed by atoms with Crippen LogP contribution in [0.3, 0.4) is 0 Å². The summed E-state index contributed by atoms with van der Waals surface area (Å²) in [6, 6.07) is 14.4. The van der Waals surface area contributed by atoms with Crippen LogP contribution in [-0.2, 0) is 13.1 Å². The number of imidazole rings is 1. The van der Waals surface area contributed by atoms with Crippen LogP contribution in [0.15, 0.2) is 60.9 Å². The summed E-state index contributed by atoms with van der Waals surface area (Å²) in [5.41, 5.74) is 0.240. The van der Waals surface area contributed by atoms with E-state index in [1.54, 1.807) is 24.4 Å². The predicted molar refractivity (Wildman–Crippen MR) is 120 cm³/mol. The fourth-order valence-electron chi connectivity index (χ4n) is 3.94. The van der Waals surface area contributed by atoms with Crippen molar-refractivity contribution in [2.24, 2.45) is 0 Å². The van der Waals surface area contributed by atoms with Crippen LogP contribution >= 0.6 is 0 Å². The van der Waals surface area contributed by atoms with Crippen molar-refractivity contribution in [2.45, 2.75) is 38.5 Å². The lowest BCUT2D eigenvalue weighted by atomic mass is 9.92. The van der Waals surface area contributed by atoms with Crippen LogP contribution in [0.5, 0.6) is 11.5 Å². The van der Waals surface area contributed by atoms with Crippen molar-refractivity contribution in [2.75, 3.05) is 26.3 Å². The third-order valence-corrected chi connectivity index (χ3v) is 5.95. The zero-order valence-electron chi connectivity index (χ0n) is 18.4. The van der Waals surface area contributed by atoms with E-state index in [1.807, 2.05) is 25.3 Å². The number of hydrogen-bond acceptors (Lipinski definition) is 5. The van der Waals surface area contributed by atoms with Crippen molar-refractivity contribution < 1.29 is 19.0 Å². The molecule has 0 bridgehead atoms. The highest BCUT2D eigenvalue weighted by Crippen LogP contribution is 2.26. The smallest absolute Gasteiger partial charge is 0.165 e. The lowest BCUT2D eigenvalue weighted by molar-refractivity contribution is -0.0543. The van der Waals surface area contributed by atoms with Gasteiger partial charge in [0, 0.05) is 32.0 Å². The first-order valence-corrected chi connectivity index (χ1v) is 11.0. The summed E-state index contributed by atoms with van der Waals surface area (Å²) >= 11 is 0. The number of benzene rings is 2. The summed E-state index contributed by atoms with van der Waals surface area (Å²) in [7, 11) is 0. The van der Waals surface area contributed by atoms with Crippen molar-refractivity contribution in [3.63, 3.8) is 0 Å². The molecule has 32 heavy (non-hydrogen) atoms. The standard InChI is InChI=1S/C25H30FN3O3/c1-20-27-11-14-29(20)15-16-31-22-6-4-5-21(17-22)18-28-12-9-25(30,10-13-28)19-32-24-8-3-2-7-23(24)26/h2-8,11,14,17,30H,9-10,12-13,15-16,18-19H2,1H3. The summed E-state index contributed by atoms with van der Waals surface area (Å²) < 4.78 is 27.3. The van der Waals surface area contributed by atoms with Crippen LogP contribution < -0.4 is 9.47 Å². The SMILES string of the molecule is Cc1nccn1CCOc1cccc(CN2CCC(O)(COc3ccccc3F)CC2)c1. The molecule has 0 unspecified atom stereocenters. The van der Waals surface area contributed by atoms with E-state index in [9.17, 15) is 9.50 Å². The van der Waals surface area contributed by atoms with Crippen molar-refractivity contribution >= 4 is 0 Å². The second kappa shape index (κ2) is 10.1. The highest BCUT2D eigenvalue weighted by molar-refractivity contribution is 5.28. The van der Waals surface area contributed by atoms with Crippen molar-refractivity contribution in [3.8, 4) is 11.5 Å². The van der Waals surface area contributed by atoms with E-state index in [2.05, 4.69) is 26.6 Å². The highest BCUT2D eigenvalue weighted by atomic mass is 19.1. The largest absolute Gasteiger partial charge is 0.492 e. The minimum Gasteiger partial charge on any atom is -0.492 e. The number of hydrogen-bond donors (Lipinski definition) is 1. The molecule has 6 nitrogen and oxygen atoms in total. The van der Waals surface area contributed by atoms with Crippen molar-refractivity contribution in [1.82, 2.24) is 14.5 Å². The van der Waals surface area contributed by atoms with Crippen LogP contribution in [-0.4, -0.2) is 51.5 Å². The molecule has 0 amide bonds. The number of piperidine rings is 1. The number of para-hydroxylation sites is 1. The molecule has 0 saturated carbocycles. The number of nitrogens with zero attached hydrogens (tertiary/aromatic N) is 3. The second-order valence-electron chi connectivity index (χ2n) is 8.38. The zero-order chi connectivity index (χ0) is 22.4. The molecule has 1 N–H and O–H groups in total. The van der Waals surface area contributed by atoms with E-state index in [0.717, 1.165) is 37.8 Å². The van der Waals surface area contributed by atoms with Crippen molar-refractivity contribution in [1.29, 1.82) is 0 Å². The molecule has 7 heteroatoms. The molecule has 4 rings (SSSR count). The highest BCUT2D eigenvalue weighted by Gasteiger charge is 2.33. The number of ether oxygens (including phenoxy) is 2. The number of halogens is 1. The Bertz CT molecular complexity index is 1010. The van der Waals surface area contributed by atoms with Gasteiger partial charge < -0.3 is 19.1 Å². The first-order valence-electron chi connectivity index (χ1n) is 11.0. The topological polar surface area (TPSA) is 59.8 Å². The Hall–Kier alpha value is -2.90. The Kier molecular flexibility index (Phi) is 7.07. The molecular weight excluding hydrogens is 409 g/mol.